The maximum absolute atomic E-state index is 3.43. The number of nitrogens with one attached hydrogen (secondary N) is 1. The van der Waals surface area contributed by atoms with E-state index >= 15 is 0 Å². The number of hydrogen-bond donors (Lipinski definition) is 1. The summed E-state index contributed by atoms with van der Waals surface area (Å²) in [5, 5.41) is 3.40. The van der Waals surface area contributed by atoms with Crippen LogP contribution in [0, 0.1) is 0 Å². The minimum atomic E-state index is 0. The fourth-order valence-corrected chi connectivity index (χ4v) is 1.66. The van der Waals surface area contributed by atoms with E-state index < -0.39 is 0 Å². The second-order valence-electron chi connectivity index (χ2n) is 3.29. The van der Waals surface area contributed by atoms with Crippen LogP contribution >= 0.6 is 28.3 Å². The van der Waals surface area contributed by atoms with Gasteiger partial charge in [0.05, 0.1) is 0 Å². The van der Waals surface area contributed by atoms with Gasteiger partial charge in [0, 0.05) is 10.5 Å². The molecular weight excluding hydrogens is 261 g/mol. The number of rotatable bonds is 4. The molecule has 3 heteroatoms. The summed E-state index contributed by atoms with van der Waals surface area (Å²) < 4.78 is 1.15. The van der Waals surface area contributed by atoms with Crippen LogP contribution in [0.5, 0.6) is 0 Å². The van der Waals surface area contributed by atoms with Crippen LogP contribution < -0.4 is 5.32 Å². The van der Waals surface area contributed by atoms with Gasteiger partial charge in [0.25, 0.3) is 0 Å². The zero-order chi connectivity index (χ0) is 9.68. The first-order valence-corrected chi connectivity index (χ1v) is 5.49. The number of halogens is 2. The number of hydrogen-bond acceptors (Lipinski definition) is 1. The average molecular weight is 279 g/mol. The Morgan fingerprint density at radius 3 is 2.36 bits per heavy atom. The molecule has 0 amide bonds. The smallest absolute Gasteiger partial charge is 0.0175 e. The molecule has 1 atom stereocenters. The van der Waals surface area contributed by atoms with Gasteiger partial charge in [0.15, 0.2) is 0 Å². The molecule has 0 aromatic heterocycles. The van der Waals surface area contributed by atoms with Crippen LogP contribution in [-0.2, 0) is 6.42 Å². The van der Waals surface area contributed by atoms with E-state index in [9.17, 15) is 0 Å². The average Bonchev–Trinajstić information content (AvgIpc) is 2.09. The van der Waals surface area contributed by atoms with E-state index in [1.807, 2.05) is 0 Å². The van der Waals surface area contributed by atoms with Crippen molar-refractivity contribution in [3.63, 3.8) is 0 Å². The maximum atomic E-state index is 3.43. The van der Waals surface area contributed by atoms with Gasteiger partial charge in [-0.2, -0.15) is 0 Å². The monoisotopic (exact) mass is 277 g/mol. The molecule has 0 fully saturated rings. The normalized spacial score (nSPS) is 11.9. The van der Waals surface area contributed by atoms with E-state index in [1.54, 1.807) is 0 Å². The predicted octanol–water partition coefficient (Wildman–Crippen LogP) is 3.41. The quantitative estimate of drug-likeness (QED) is 0.890. The summed E-state index contributed by atoms with van der Waals surface area (Å²) in [6.45, 7) is 5.39. The molecule has 0 spiro atoms. The van der Waals surface area contributed by atoms with Gasteiger partial charge in [-0.15, -0.1) is 12.4 Å². The first-order chi connectivity index (χ1) is 6.22. The number of benzene rings is 1. The third-order valence-corrected chi connectivity index (χ3v) is 2.54. The third kappa shape index (κ3) is 4.99. The maximum Gasteiger partial charge on any atom is 0.0175 e. The zero-order valence-electron chi connectivity index (χ0n) is 8.59. The van der Waals surface area contributed by atoms with Crippen LogP contribution in [0.4, 0.5) is 0 Å². The van der Waals surface area contributed by atoms with Gasteiger partial charge in [-0.3, -0.25) is 0 Å². The summed E-state index contributed by atoms with van der Waals surface area (Å²) in [5.41, 5.74) is 1.39. The Balaban J connectivity index is 0.00000169. The third-order valence-electron chi connectivity index (χ3n) is 2.01. The van der Waals surface area contributed by atoms with Gasteiger partial charge in [-0.1, -0.05) is 35.0 Å². The Morgan fingerprint density at radius 1 is 1.29 bits per heavy atom. The van der Waals surface area contributed by atoms with Crippen molar-refractivity contribution < 1.29 is 0 Å². The lowest BCUT2D eigenvalue weighted by atomic mass is 10.1. The molecule has 1 aromatic rings. The summed E-state index contributed by atoms with van der Waals surface area (Å²) in [4.78, 5) is 0. The van der Waals surface area contributed by atoms with Crippen LogP contribution in [0.25, 0.3) is 0 Å². The summed E-state index contributed by atoms with van der Waals surface area (Å²) in [6.07, 6.45) is 1.10. The Hall–Kier alpha value is -0.0500. The van der Waals surface area contributed by atoms with Crippen molar-refractivity contribution in [2.45, 2.75) is 26.3 Å². The lowest BCUT2D eigenvalue weighted by molar-refractivity contribution is 0.565. The highest BCUT2D eigenvalue weighted by Gasteiger charge is 2.00. The van der Waals surface area contributed by atoms with E-state index in [-0.39, 0.29) is 12.4 Å². The standard InChI is InChI=1S/C11H16BrN.ClH/c1-3-13-9(2)8-10-4-6-11(12)7-5-10;/h4-7,9,13H,3,8H2,1-2H3;1H. The molecule has 0 aliphatic carbocycles. The van der Waals surface area contributed by atoms with E-state index in [0.29, 0.717) is 6.04 Å². The second-order valence-corrected chi connectivity index (χ2v) is 4.20. The summed E-state index contributed by atoms with van der Waals surface area (Å²) >= 11 is 3.43. The molecule has 1 nitrogen and oxygen atoms in total. The van der Waals surface area contributed by atoms with E-state index in [4.69, 9.17) is 0 Å². The van der Waals surface area contributed by atoms with Crippen molar-refractivity contribution in [3.8, 4) is 0 Å². The highest BCUT2D eigenvalue weighted by Crippen LogP contribution is 2.11. The van der Waals surface area contributed by atoms with Crippen molar-refractivity contribution in [3.05, 3.63) is 34.3 Å². The largest absolute Gasteiger partial charge is 0.314 e. The summed E-state index contributed by atoms with van der Waals surface area (Å²) in [5.74, 6) is 0. The van der Waals surface area contributed by atoms with Gasteiger partial charge in [-0.05, 0) is 37.6 Å². The molecule has 0 saturated carbocycles. The van der Waals surface area contributed by atoms with Crippen LogP contribution in [0.3, 0.4) is 0 Å². The first-order valence-electron chi connectivity index (χ1n) is 4.70. The molecule has 0 aliphatic rings. The Kier molecular flexibility index (Phi) is 7.24. The predicted molar refractivity (Wildman–Crippen MR) is 68.2 cm³/mol. The van der Waals surface area contributed by atoms with Gasteiger partial charge in [0.2, 0.25) is 0 Å². The molecular formula is C11H17BrClN. The van der Waals surface area contributed by atoms with E-state index in [1.165, 1.54) is 5.56 Å². The molecule has 1 rings (SSSR count). The molecule has 1 aromatic carbocycles. The summed E-state index contributed by atoms with van der Waals surface area (Å²) in [6, 6.07) is 9.07. The molecule has 1 unspecified atom stereocenters. The highest BCUT2D eigenvalue weighted by atomic mass is 79.9. The van der Waals surface area contributed by atoms with Crippen molar-refractivity contribution in [1.29, 1.82) is 0 Å². The highest BCUT2D eigenvalue weighted by molar-refractivity contribution is 9.10. The van der Waals surface area contributed by atoms with E-state index in [2.05, 4.69) is 59.4 Å². The molecule has 0 radical (unpaired) electrons. The van der Waals surface area contributed by atoms with Crippen molar-refractivity contribution in [1.82, 2.24) is 5.32 Å². The molecule has 0 heterocycles. The van der Waals surface area contributed by atoms with Gasteiger partial charge < -0.3 is 5.32 Å². The van der Waals surface area contributed by atoms with Crippen molar-refractivity contribution in [2.75, 3.05) is 6.54 Å². The molecule has 0 saturated heterocycles. The molecule has 80 valence electrons. The van der Waals surface area contributed by atoms with Gasteiger partial charge in [0.1, 0.15) is 0 Å². The Labute approximate surface area is 101 Å². The van der Waals surface area contributed by atoms with Gasteiger partial charge >= 0.3 is 0 Å². The summed E-state index contributed by atoms with van der Waals surface area (Å²) in [7, 11) is 0. The van der Waals surface area contributed by atoms with E-state index in [0.717, 1.165) is 17.4 Å². The van der Waals surface area contributed by atoms with Crippen LogP contribution in [0.1, 0.15) is 19.4 Å². The first kappa shape index (κ1) is 13.9. The fourth-order valence-electron chi connectivity index (χ4n) is 1.39. The van der Waals surface area contributed by atoms with Crippen LogP contribution in [-0.4, -0.2) is 12.6 Å². The second kappa shape index (κ2) is 7.27. The Morgan fingerprint density at radius 2 is 1.86 bits per heavy atom. The van der Waals surface area contributed by atoms with Crippen LogP contribution in [0.2, 0.25) is 0 Å². The molecule has 0 bridgehead atoms. The lowest BCUT2D eigenvalue weighted by Gasteiger charge is -2.11. The minimum Gasteiger partial charge on any atom is -0.314 e. The minimum absolute atomic E-state index is 0. The lowest BCUT2D eigenvalue weighted by Crippen LogP contribution is -2.27. The SMILES string of the molecule is CCNC(C)Cc1ccc(Br)cc1.Cl. The molecule has 0 aliphatic heterocycles. The zero-order valence-corrected chi connectivity index (χ0v) is 11.0. The van der Waals surface area contributed by atoms with Gasteiger partial charge in [-0.25, -0.2) is 0 Å². The molecule has 1 N–H and O–H groups in total. The fraction of sp³-hybridized carbons (Fsp3) is 0.455. The molecule has 14 heavy (non-hydrogen) atoms. The van der Waals surface area contributed by atoms with Crippen molar-refractivity contribution >= 4 is 28.3 Å². The topological polar surface area (TPSA) is 12.0 Å². The van der Waals surface area contributed by atoms with Crippen LogP contribution in [0.15, 0.2) is 28.7 Å². The number of likely N-dealkylation sites (N-methyl/N-ethyl adjacent to an activating group) is 1. The van der Waals surface area contributed by atoms with Crippen molar-refractivity contribution in [2.24, 2.45) is 0 Å². The Bertz CT molecular complexity index is 248.